The highest BCUT2D eigenvalue weighted by Crippen LogP contribution is 2.12. The Hall–Kier alpha value is -2.63. The Morgan fingerprint density at radius 2 is 2.05 bits per heavy atom. The summed E-state index contributed by atoms with van der Waals surface area (Å²) in [6.45, 7) is 0.600. The normalized spacial score (nSPS) is 10.7. The number of hydrogen-bond acceptors (Lipinski definition) is 5. The van der Waals surface area contributed by atoms with Gasteiger partial charge in [-0.15, -0.1) is 5.10 Å². The van der Waals surface area contributed by atoms with E-state index in [0.717, 1.165) is 11.3 Å². The van der Waals surface area contributed by atoms with Crippen molar-refractivity contribution in [2.45, 2.75) is 6.54 Å². The van der Waals surface area contributed by atoms with Crippen LogP contribution in [0.4, 0.5) is 0 Å². The van der Waals surface area contributed by atoms with Crippen LogP contribution >= 0.6 is 0 Å². The fourth-order valence-electron chi connectivity index (χ4n) is 1.61. The number of rotatable bonds is 5. The van der Waals surface area contributed by atoms with Gasteiger partial charge in [0.15, 0.2) is 0 Å². The van der Waals surface area contributed by atoms with E-state index >= 15 is 0 Å². The number of nitrogens with zero attached hydrogens (tertiary/aromatic N) is 3. The molecule has 104 valence electrons. The van der Waals surface area contributed by atoms with Crippen LogP contribution in [0.1, 0.15) is 11.3 Å². The van der Waals surface area contributed by atoms with E-state index in [1.54, 1.807) is 24.1 Å². The summed E-state index contributed by atoms with van der Waals surface area (Å²) >= 11 is 0. The SMILES string of the molecule is COC(=O)/C=C/c1cn(Cc2ccc(OC)cc2)nn1. The summed E-state index contributed by atoms with van der Waals surface area (Å²) in [5.74, 6) is 0.392. The Labute approximate surface area is 116 Å². The first-order valence-electron chi connectivity index (χ1n) is 6.00. The second-order valence-corrected chi connectivity index (χ2v) is 4.05. The van der Waals surface area contributed by atoms with E-state index in [4.69, 9.17) is 4.74 Å². The number of hydrogen-bond donors (Lipinski definition) is 0. The summed E-state index contributed by atoms with van der Waals surface area (Å²) in [5, 5.41) is 7.94. The van der Waals surface area contributed by atoms with Crippen molar-refractivity contribution in [3.63, 3.8) is 0 Å². The van der Waals surface area contributed by atoms with Gasteiger partial charge in [-0.3, -0.25) is 0 Å². The number of ether oxygens (including phenoxy) is 2. The van der Waals surface area contributed by atoms with Gasteiger partial charge in [-0.2, -0.15) is 0 Å². The van der Waals surface area contributed by atoms with E-state index in [1.165, 1.54) is 13.2 Å². The molecule has 0 saturated heterocycles. The lowest BCUT2D eigenvalue weighted by atomic mass is 10.2. The summed E-state index contributed by atoms with van der Waals surface area (Å²) < 4.78 is 11.3. The minimum Gasteiger partial charge on any atom is -0.497 e. The lowest BCUT2D eigenvalue weighted by molar-refractivity contribution is -0.134. The van der Waals surface area contributed by atoms with Crippen molar-refractivity contribution in [2.75, 3.05) is 14.2 Å². The number of aromatic nitrogens is 3. The van der Waals surface area contributed by atoms with Gasteiger partial charge >= 0.3 is 5.97 Å². The maximum Gasteiger partial charge on any atom is 0.330 e. The van der Waals surface area contributed by atoms with Crippen molar-refractivity contribution < 1.29 is 14.3 Å². The van der Waals surface area contributed by atoms with Gasteiger partial charge in [0.2, 0.25) is 0 Å². The molecule has 0 unspecified atom stereocenters. The molecule has 1 heterocycles. The molecule has 0 aliphatic heterocycles. The third-order valence-electron chi connectivity index (χ3n) is 2.65. The Morgan fingerprint density at radius 3 is 2.70 bits per heavy atom. The molecule has 0 radical (unpaired) electrons. The van der Waals surface area contributed by atoms with Crippen molar-refractivity contribution in [2.24, 2.45) is 0 Å². The molecular formula is C14H15N3O3. The van der Waals surface area contributed by atoms with Crippen molar-refractivity contribution in [3.05, 3.63) is 47.8 Å². The zero-order valence-corrected chi connectivity index (χ0v) is 11.3. The second-order valence-electron chi connectivity index (χ2n) is 4.05. The van der Waals surface area contributed by atoms with E-state index in [2.05, 4.69) is 15.0 Å². The van der Waals surface area contributed by atoms with Gasteiger partial charge in [0.1, 0.15) is 11.4 Å². The average Bonchev–Trinajstić information content (AvgIpc) is 2.93. The van der Waals surface area contributed by atoms with Crippen molar-refractivity contribution in [1.82, 2.24) is 15.0 Å². The van der Waals surface area contributed by atoms with Gasteiger partial charge in [0.25, 0.3) is 0 Å². The zero-order valence-electron chi connectivity index (χ0n) is 11.3. The van der Waals surface area contributed by atoms with Gasteiger partial charge in [0, 0.05) is 6.08 Å². The summed E-state index contributed by atoms with van der Waals surface area (Å²) in [6, 6.07) is 7.71. The molecule has 6 nitrogen and oxygen atoms in total. The van der Waals surface area contributed by atoms with E-state index in [-0.39, 0.29) is 0 Å². The first-order valence-corrected chi connectivity index (χ1v) is 6.00. The summed E-state index contributed by atoms with van der Waals surface area (Å²) in [6.07, 6.45) is 4.62. The Bertz CT molecular complexity index is 602. The first-order chi connectivity index (χ1) is 9.71. The van der Waals surface area contributed by atoms with E-state index in [1.807, 2.05) is 24.3 Å². The maximum absolute atomic E-state index is 11.0. The molecule has 20 heavy (non-hydrogen) atoms. The van der Waals surface area contributed by atoms with Crippen LogP contribution in [-0.4, -0.2) is 35.2 Å². The molecule has 0 saturated carbocycles. The average molecular weight is 273 g/mol. The molecule has 2 aromatic rings. The predicted octanol–water partition coefficient (Wildman–Crippen LogP) is 1.52. The number of methoxy groups -OCH3 is 2. The second kappa shape index (κ2) is 6.51. The molecule has 6 heteroatoms. The smallest absolute Gasteiger partial charge is 0.330 e. The quantitative estimate of drug-likeness (QED) is 0.610. The monoisotopic (exact) mass is 273 g/mol. The minimum absolute atomic E-state index is 0.422. The van der Waals surface area contributed by atoms with E-state index in [0.29, 0.717) is 12.2 Å². The summed E-state index contributed by atoms with van der Waals surface area (Å²) in [4.78, 5) is 11.0. The number of carbonyl (C=O) groups excluding carboxylic acids is 1. The molecular weight excluding hydrogens is 258 g/mol. The molecule has 0 aliphatic carbocycles. The highest BCUT2D eigenvalue weighted by atomic mass is 16.5. The van der Waals surface area contributed by atoms with Gasteiger partial charge in [0.05, 0.1) is 27.0 Å². The molecule has 0 aliphatic rings. The fourth-order valence-corrected chi connectivity index (χ4v) is 1.61. The minimum atomic E-state index is -0.422. The highest BCUT2D eigenvalue weighted by Gasteiger charge is 2.01. The van der Waals surface area contributed by atoms with Crippen LogP contribution < -0.4 is 4.74 Å². The molecule has 0 atom stereocenters. The number of benzene rings is 1. The van der Waals surface area contributed by atoms with Crippen LogP contribution in [0.25, 0.3) is 6.08 Å². The van der Waals surface area contributed by atoms with Crippen molar-refractivity contribution in [1.29, 1.82) is 0 Å². The van der Waals surface area contributed by atoms with Gasteiger partial charge in [-0.1, -0.05) is 17.3 Å². The molecule has 1 aromatic carbocycles. The maximum atomic E-state index is 11.0. The van der Waals surface area contributed by atoms with E-state index < -0.39 is 5.97 Å². The standard InChI is InChI=1S/C14H15N3O3/c1-19-13-6-3-11(4-7-13)9-17-10-12(15-16-17)5-8-14(18)20-2/h3-8,10H,9H2,1-2H3/b8-5+. The lowest BCUT2D eigenvalue weighted by Crippen LogP contribution is -2.00. The molecule has 1 aromatic heterocycles. The van der Waals surface area contributed by atoms with Crippen LogP contribution in [0.5, 0.6) is 5.75 Å². The third kappa shape index (κ3) is 3.68. The first kappa shape index (κ1) is 13.8. The van der Waals surface area contributed by atoms with Gasteiger partial charge in [-0.05, 0) is 23.8 Å². The van der Waals surface area contributed by atoms with Crippen molar-refractivity contribution in [3.8, 4) is 5.75 Å². The molecule has 0 bridgehead atoms. The van der Waals surface area contributed by atoms with Crippen LogP contribution in [-0.2, 0) is 16.1 Å². The van der Waals surface area contributed by atoms with Crippen LogP contribution in [0.15, 0.2) is 36.5 Å². The zero-order chi connectivity index (χ0) is 14.4. The Morgan fingerprint density at radius 1 is 1.30 bits per heavy atom. The Balaban J connectivity index is 2.01. The molecule has 0 fully saturated rings. The summed E-state index contributed by atoms with van der Waals surface area (Å²) in [7, 11) is 2.96. The van der Waals surface area contributed by atoms with Gasteiger partial charge < -0.3 is 9.47 Å². The topological polar surface area (TPSA) is 66.2 Å². The van der Waals surface area contributed by atoms with Crippen LogP contribution in [0.2, 0.25) is 0 Å². The third-order valence-corrected chi connectivity index (χ3v) is 2.65. The number of carbonyl (C=O) groups is 1. The van der Waals surface area contributed by atoms with E-state index in [9.17, 15) is 4.79 Å². The largest absolute Gasteiger partial charge is 0.497 e. The Kier molecular flexibility index (Phi) is 4.49. The molecule has 2 rings (SSSR count). The lowest BCUT2D eigenvalue weighted by Gasteiger charge is -2.02. The van der Waals surface area contributed by atoms with Crippen LogP contribution in [0.3, 0.4) is 0 Å². The van der Waals surface area contributed by atoms with Crippen LogP contribution in [0, 0.1) is 0 Å². The van der Waals surface area contributed by atoms with Gasteiger partial charge in [-0.25, -0.2) is 9.48 Å². The molecule has 0 N–H and O–H groups in total. The molecule has 0 spiro atoms. The highest BCUT2D eigenvalue weighted by molar-refractivity contribution is 5.86. The van der Waals surface area contributed by atoms with Crippen molar-refractivity contribution >= 4 is 12.0 Å². The fraction of sp³-hybridized carbons (Fsp3) is 0.214. The predicted molar refractivity (Wildman–Crippen MR) is 73.2 cm³/mol. The number of esters is 1. The summed E-state index contributed by atoms with van der Waals surface area (Å²) in [5.41, 5.74) is 1.68. The molecule has 0 amide bonds.